The number of ether oxygens (including phenoxy) is 1. The number of hydrogen-bond acceptors (Lipinski definition) is 6. The molecule has 0 spiro atoms. The number of rotatable bonds is 4. The monoisotopic (exact) mass is 218 g/mol. The van der Waals surface area contributed by atoms with Crippen LogP contribution in [0.25, 0.3) is 0 Å². The van der Waals surface area contributed by atoms with Crippen LogP contribution in [0.1, 0.15) is 8.35 Å². The Morgan fingerprint density at radius 3 is 2.08 bits per heavy atom. The van der Waals surface area contributed by atoms with Crippen LogP contribution in [0.2, 0.25) is 0 Å². The second-order valence-corrected chi connectivity index (χ2v) is 1.70. The summed E-state index contributed by atoms with van der Waals surface area (Å²) in [6.07, 6.45) is -2.51. The molecule has 0 fully saturated rings. The predicted octanol–water partition coefficient (Wildman–Crippen LogP) is -3.45. The molecule has 0 amide bonds. The van der Waals surface area contributed by atoms with Gasteiger partial charge in [-0.2, -0.15) is 0 Å². The number of nitro groups is 2. The van der Waals surface area contributed by atoms with E-state index in [1.54, 1.807) is 0 Å². The molecule has 0 aliphatic rings. The van der Waals surface area contributed by atoms with E-state index in [9.17, 15) is 25.0 Å². The Hall–Kier alpha value is -0.0936. The molecule has 0 aromatic heterocycles. The van der Waals surface area contributed by atoms with E-state index in [-0.39, 0.29) is 59.4 Å². The maximum Gasteiger partial charge on any atom is 1.00 e. The zero-order valence-electron chi connectivity index (χ0n) is 8.13. The van der Waals surface area contributed by atoms with Crippen LogP contribution in [0, 0.1) is 20.2 Å². The number of esters is 1. The van der Waals surface area contributed by atoms with Crippen molar-refractivity contribution in [3.8, 4) is 0 Å². The van der Waals surface area contributed by atoms with Gasteiger partial charge in [-0.3, -0.25) is 20.2 Å². The van der Waals surface area contributed by atoms with Crippen LogP contribution in [0.4, 0.5) is 0 Å². The first-order valence-electron chi connectivity index (χ1n) is 2.94. The molecule has 0 saturated carbocycles. The molecular weight excluding hydrogens is 211 g/mol. The smallest absolute Gasteiger partial charge is 1.00 e. The molecule has 8 nitrogen and oxygen atoms in total. The maximum atomic E-state index is 10.5. The van der Waals surface area contributed by atoms with Crippen molar-refractivity contribution in [2.45, 2.75) is 13.1 Å². The van der Waals surface area contributed by atoms with Crippen LogP contribution >= 0.6 is 0 Å². The second kappa shape index (κ2) is 7.32. The van der Waals surface area contributed by atoms with Crippen LogP contribution in [0.3, 0.4) is 0 Å². The summed E-state index contributed by atoms with van der Waals surface area (Å²) < 4.78 is 4.10. The Bertz CT molecular complexity index is 210. The average molecular weight is 218 g/mol. The Balaban J connectivity index is -0.000000605. The first-order chi connectivity index (χ1) is 5.50. The molecule has 0 rings (SSSR count). The van der Waals surface area contributed by atoms with Crippen LogP contribution in [0.5, 0.6) is 0 Å². The molecule has 0 unspecified atom stereocenters. The van der Waals surface area contributed by atoms with Gasteiger partial charge in [0.2, 0.25) is 0 Å². The normalized spacial score (nSPS) is 8.77. The van der Waals surface area contributed by atoms with E-state index >= 15 is 0 Å². The number of nitrogens with zero attached hydrogens (tertiary/aromatic N) is 2. The van der Waals surface area contributed by atoms with Crippen molar-refractivity contribution in [3.05, 3.63) is 20.2 Å². The zero-order chi connectivity index (χ0) is 9.72. The minimum Gasteiger partial charge on any atom is -1.00 e. The molecule has 0 aliphatic carbocycles. The third kappa shape index (κ3) is 5.26. The topological polar surface area (TPSA) is 113 Å². The Morgan fingerprint density at radius 1 is 1.46 bits per heavy atom. The van der Waals surface area contributed by atoms with Crippen molar-refractivity contribution in [1.82, 2.24) is 0 Å². The predicted molar refractivity (Wildman–Crippen MR) is 35.5 cm³/mol. The van der Waals surface area contributed by atoms with Gasteiger partial charge in [0, 0.05) is 0 Å². The molecule has 0 aromatic rings. The van der Waals surface area contributed by atoms with E-state index in [0.717, 1.165) is 0 Å². The van der Waals surface area contributed by atoms with Crippen molar-refractivity contribution in [1.29, 1.82) is 0 Å². The van der Waals surface area contributed by atoms with Crippen molar-refractivity contribution in [2.24, 2.45) is 0 Å². The summed E-state index contributed by atoms with van der Waals surface area (Å²) in [4.78, 5) is 27.7. The Kier molecular flexibility index (Phi) is 8.67. The first kappa shape index (κ1) is 15.4. The fraction of sp³-hybridized carbons (Fsp3) is 0.750. The summed E-state index contributed by atoms with van der Waals surface area (Å²) in [7, 11) is 0. The van der Waals surface area contributed by atoms with Gasteiger partial charge in [0.25, 0.3) is 0 Å². The molecule has 0 atom stereocenters. The summed E-state index contributed by atoms with van der Waals surface area (Å²) in [6, 6.07) is 0. The molecule has 0 aliphatic heterocycles. The number of hydrogen-bond donors (Lipinski definition) is 0. The molecule has 0 radical (unpaired) electrons. The van der Waals surface area contributed by atoms with Crippen LogP contribution in [-0.2, 0) is 9.53 Å². The van der Waals surface area contributed by atoms with Gasteiger partial charge in [0.05, 0.1) is 6.61 Å². The fourth-order valence-corrected chi connectivity index (χ4v) is 0.466. The number of carbonyl (C=O) groups is 1. The van der Waals surface area contributed by atoms with Gasteiger partial charge in [0.15, 0.2) is 0 Å². The maximum absolute atomic E-state index is 10.5. The second-order valence-electron chi connectivity index (χ2n) is 1.70. The van der Waals surface area contributed by atoms with Crippen LogP contribution < -0.4 is 51.4 Å². The summed E-state index contributed by atoms with van der Waals surface area (Å²) in [5, 5.41) is 19.8. The summed E-state index contributed by atoms with van der Waals surface area (Å²) >= 11 is 0. The minimum absolute atomic E-state index is 0. The molecule has 0 N–H and O–H groups in total. The van der Waals surface area contributed by atoms with Gasteiger partial charge < -0.3 is 6.16 Å². The molecule has 0 bridgehead atoms. The van der Waals surface area contributed by atoms with Gasteiger partial charge in [-0.1, -0.05) is 0 Å². The average Bonchev–Trinajstić information content (AvgIpc) is 1.85. The standard InChI is InChI=1S/C4H6N2O6.K.H/c1-2-12-4(7)3(5(8)9)6(10)11;;/h3H,2H2,1H3;;/q;+1;-1. The number of carbonyl (C=O) groups excluding carboxylic acids is 1. The summed E-state index contributed by atoms with van der Waals surface area (Å²) in [5.74, 6) is -1.45. The Morgan fingerprint density at radius 2 is 1.85 bits per heavy atom. The van der Waals surface area contributed by atoms with E-state index in [2.05, 4.69) is 4.74 Å². The third-order valence-electron chi connectivity index (χ3n) is 0.897. The molecule has 0 saturated heterocycles. The van der Waals surface area contributed by atoms with E-state index in [1.807, 2.05) is 0 Å². The summed E-state index contributed by atoms with van der Waals surface area (Å²) in [6.45, 7) is 1.27. The summed E-state index contributed by atoms with van der Waals surface area (Å²) in [5.41, 5.74) is 0. The molecule has 9 heteroatoms. The van der Waals surface area contributed by atoms with Crippen LogP contribution in [-0.4, -0.2) is 28.6 Å². The molecular formula is C4H7KN2O6. The van der Waals surface area contributed by atoms with Gasteiger partial charge in [-0.25, -0.2) is 4.79 Å². The van der Waals surface area contributed by atoms with E-state index < -0.39 is 22.0 Å². The van der Waals surface area contributed by atoms with Crippen molar-refractivity contribution < 1.29 is 72.2 Å². The largest absolute Gasteiger partial charge is 1.00 e. The van der Waals surface area contributed by atoms with E-state index in [1.165, 1.54) is 6.92 Å². The first-order valence-corrected chi connectivity index (χ1v) is 2.94. The van der Waals surface area contributed by atoms with Gasteiger partial charge in [0.1, 0.15) is 9.85 Å². The van der Waals surface area contributed by atoms with Crippen molar-refractivity contribution in [2.75, 3.05) is 6.61 Å². The molecule has 13 heavy (non-hydrogen) atoms. The SMILES string of the molecule is CCOC(=O)C([N+](=O)[O-])[N+](=O)[O-].[H-].[K+]. The zero-order valence-corrected chi connectivity index (χ0v) is 10.3. The Labute approximate surface area is 117 Å². The quantitative estimate of drug-likeness (QED) is 0.159. The van der Waals surface area contributed by atoms with E-state index in [0.29, 0.717) is 0 Å². The minimum atomic E-state index is -2.51. The van der Waals surface area contributed by atoms with Crippen molar-refractivity contribution >= 4 is 5.97 Å². The molecule has 0 heterocycles. The third-order valence-corrected chi connectivity index (χ3v) is 0.897. The molecule has 70 valence electrons. The van der Waals surface area contributed by atoms with Gasteiger partial charge in [-0.15, -0.1) is 0 Å². The van der Waals surface area contributed by atoms with Gasteiger partial charge in [-0.05, 0) is 6.92 Å². The van der Waals surface area contributed by atoms with Gasteiger partial charge >= 0.3 is 63.5 Å². The fourth-order valence-electron chi connectivity index (χ4n) is 0.466. The van der Waals surface area contributed by atoms with Crippen LogP contribution in [0.15, 0.2) is 0 Å². The molecule has 0 aromatic carbocycles. The van der Waals surface area contributed by atoms with E-state index in [4.69, 9.17) is 0 Å². The van der Waals surface area contributed by atoms with Crippen molar-refractivity contribution in [3.63, 3.8) is 0 Å².